The first-order chi connectivity index (χ1) is 15.5. The number of carbonyl (C=O) groups excluding carboxylic acids is 1. The Bertz CT molecular complexity index is 1150. The Kier molecular flexibility index (Phi) is 6.10. The highest BCUT2D eigenvalue weighted by molar-refractivity contribution is 7.89. The van der Waals surface area contributed by atoms with Crippen molar-refractivity contribution in [2.75, 3.05) is 29.9 Å². The number of rotatable bonds is 4. The van der Waals surface area contributed by atoms with Gasteiger partial charge < -0.3 is 15.0 Å². The van der Waals surface area contributed by atoms with E-state index >= 15 is 0 Å². The van der Waals surface area contributed by atoms with Crippen LogP contribution in [-0.4, -0.2) is 44.6 Å². The Labute approximate surface area is 189 Å². The number of carbonyl (C=O) groups is 1. The largest absolute Gasteiger partial charge is 0.417 e. The number of ether oxygens (including phenoxy) is 1. The minimum atomic E-state index is -4.68. The van der Waals surface area contributed by atoms with Crippen molar-refractivity contribution in [1.29, 1.82) is 0 Å². The summed E-state index contributed by atoms with van der Waals surface area (Å²) < 4.78 is 69.0. The number of sulfonamides is 1. The second-order valence-electron chi connectivity index (χ2n) is 8.24. The van der Waals surface area contributed by atoms with Gasteiger partial charge in [0.2, 0.25) is 10.0 Å². The van der Waals surface area contributed by atoms with E-state index in [9.17, 15) is 26.4 Å². The Morgan fingerprint density at radius 1 is 1.18 bits per heavy atom. The van der Waals surface area contributed by atoms with E-state index in [2.05, 4.69) is 10.3 Å². The summed E-state index contributed by atoms with van der Waals surface area (Å²) in [6, 6.07) is 5.92. The molecule has 1 spiro atoms. The SMILES string of the molecule is NS(=O)(=O)c1cccc(NC(=O)c2cc(C(F)(F)F)cnc2N2CCC3(CCCO3)CC2)c1. The predicted octanol–water partition coefficient (Wildman–Crippen LogP) is 3.15. The van der Waals surface area contributed by atoms with Crippen molar-refractivity contribution in [3.8, 4) is 0 Å². The van der Waals surface area contributed by atoms with Crippen LogP contribution >= 0.6 is 0 Å². The van der Waals surface area contributed by atoms with Gasteiger partial charge in [-0.05, 0) is 49.9 Å². The quantitative estimate of drug-likeness (QED) is 0.689. The third-order valence-corrected chi connectivity index (χ3v) is 6.93. The lowest BCUT2D eigenvalue weighted by Gasteiger charge is -2.39. The number of hydrogen-bond donors (Lipinski definition) is 2. The lowest BCUT2D eigenvalue weighted by Crippen LogP contribution is -2.45. The van der Waals surface area contributed by atoms with Gasteiger partial charge >= 0.3 is 6.18 Å². The molecule has 0 bridgehead atoms. The molecule has 2 saturated heterocycles. The maximum Gasteiger partial charge on any atom is 0.417 e. The maximum absolute atomic E-state index is 13.3. The van der Waals surface area contributed by atoms with Gasteiger partial charge in [-0.3, -0.25) is 4.79 Å². The van der Waals surface area contributed by atoms with Crippen LogP contribution in [0.2, 0.25) is 0 Å². The number of alkyl halides is 3. The molecule has 33 heavy (non-hydrogen) atoms. The number of amides is 1. The third-order valence-electron chi connectivity index (χ3n) is 6.02. The molecule has 4 rings (SSSR count). The number of benzene rings is 1. The Morgan fingerprint density at radius 2 is 1.91 bits per heavy atom. The van der Waals surface area contributed by atoms with Crippen molar-refractivity contribution >= 4 is 27.4 Å². The summed E-state index contributed by atoms with van der Waals surface area (Å²) in [6.07, 6.45) is -0.680. The summed E-state index contributed by atoms with van der Waals surface area (Å²) >= 11 is 0. The van der Waals surface area contributed by atoms with Crippen LogP contribution in [0.5, 0.6) is 0 Å². The van der Waals surface area contributed by atoms with Crippen LogP contribution in [0, 0.1) is 0 Å². The minimum Gasteiger partial charge on any atom is -0.375 e. The summed E-state index contributed by atoms with van der Waals surface area (Å²) in [5.41, 5.74) is -1.44. The molecule has 12 heteroatoms. The highest BCUT2D eigenvalue weighted by atomic mass is 32.2. The molecule has 8 nitrogen and oxygen atoms in total. The zero-order chi connectivity index (χ0) is 23.9. The van der Waals surface area contributed by atoms with Crippen molar-refractivity contribution in [3.63, 3.8) is 0 Å². The van der Waals surface area contributed by atoms with E-state index in [1.807, 2.05) is 0 Å². The molecule has 3 N–H and O–H groups in total. The first-order valence-corrected chi connectivity index (χ1v) is 11.9. The Hall–Kier alpha value is -2.70. The van der Waals surface area contributed by atoms with Crippen molar-refractivity contribution in [1.82, 2.24) is 4.98 Å². The van der Waals surface area contributed by atoms with E-state index in [0.717, 1.165) is 25.0 Å². The highest BCUT2D eigenvalue weighted by Crippen LogP contribution is 2.38. The fraction of sp³-hybridized carbons (Fsp3) is 0.429. The molecule has 0 aliphatic carbocycles. The molecule has 2 aliphatic rings. The van der Waals surface area contributed by atoms with Crippen molar-refractivity contribution in [2.24, 2.45) is 5.14 Å². The van der Waals surface area contributed by atoms with Crippen molar-refractivity contribution < 1.29 is 31.1 Å². The molecule has 2 fully saturated rings. The number of piperidine rings is 1. The summed E-state index contributed by atoms with van der Waals surface area (Å²) in [7, 11) is -4.02. The van der Waals surface area contributed by atoms with Crippen LogP contribution in [0.3, 0.4) is 0 Å². The third kappa shape index (κ3) is 5.12. The lowest BCUT2D eigenvalue weighted by atomic mass is 9.88. The van der Waals surface area contributed by atoms with E-state index < -0.39 is 27.7 Å². The fourth-order valence-electron chi connectivity index (χ4n) is 4.26. The van der Waals surface area contributed by atoms with Crippen LogP contribution in [0.4, 0.5) is 24.7 Å². The van der Waals surface area contributed by atoms with Crippen LogP contribution in [0.15, 0.2) is 41.4 Å². The average Bonchev–Trinajstić information content (AvgIpc) is 3.21. The van der Waals surface area contributed by atoms with Gasteiger partial charge in [0.15, 0.2) is 0 Å². The van der Waals surface area contributed by atoms with Gasteiger partial charge in [0, 0.05) is 31.6 Å². The predicted molar refractivity (Wildman–Crippen MR) is 114 cm³/mol. The topological polar surface area (TPSA) is 115 Å². The number of anilines is 2. The molecule has 2 aliphatic heterocycles. The van der Waals surface area contributed by atoms with Crippen molar-refractivity contribution in [3.05, 3.63) is 47.7 Å². The molecule has 0 atom stereocenters. The summed E-state index contributed by atoms with van der Waals surface area (Å²) in [6.45, 7) is 1.67. The normalized spacial score (nSPS) is 18.5. The van der Waals surface area contributed by atoms with Crippen LogP contribution < -0.4 is 15.4 Å². The van der Waals surface area contributed by atoms with Gasteiger partial charge in [0.05, 0.1) is 21.6 Å². The summed E-state index contributed by atoms with van der Waals surface area (Å²) in [5, 5.41) is 7.57. The molecule has 1 amide bonds. The van der Waals surface area contributed by atoms with E-state index in [1.54, 1.807) is 4.90 Å². The molecule has 178 valence electrons. The first kappa shape index (κ1) is 23.5. The number of aromatic nitrogens is 1. The summed E-state index contributed by atoms with van der Waals surface area (Å²) in [4.78, 5) is 18.6. The smallest absolute Gasteiger partial charge is 0.375 e. The van der Waals surface area contributed by atoms with Crippen LogP contribution in [0.25, 0.3) is 0 Å². The lowest BCUT2D eigenvalue weighted by molar-refractivity contribution is -0.137. The second kappa shape index (κ2) is 8.58. The number of primary sulfonamides is 1. The zero-order valence-electron chi connectivity index (χ0n) is 17.6. The van der Waals surface area contributed by atoms with E-state index in [0.29, 0.717) is 38.7 Å². The first-order valence-electron chi connectivity index (χ1n) is 10.4. The minimum absolute atomic E-state index is 0.0758. The van der Waals surface area contributed by atoms with Gasteiger partial charge in [-0.25, -0.2) is 18.5 Å². The van der Waals surface area contributed by atoms with Gasteiger partial charge in [-0.1, -0.05) is 6.07 Å². The molecule has 3 heterocycles. The molecule has 1 aromatic heterocycles. The average molecular weight is 485 g/mol. The maximum atomic E-state index is 13.3. The molecule has 0 radical (unpaired) electrons. The van der Waals surface area contributed by atoms with Gasteiger partial charge in [0.1, 0.15) is 5.82 Å². The second-order valence-corrected chi connectivity index (χ2v) is 9.80. The molecule has 1 aromatic carbocycles. The molecule has 0 saturated carbocycles. The van der Waals surface area contributed by atoms with Crippen LogP contribution in [0.1, 0.15) is 41.6 Å². The number of halogens is 3. The van der Waals surface area contributed by atoms with Gasteiger partial charge in [-0.2, -0.15) is 13.2 Å². The number of pyridine rings is 1. The van der Waals surface area contributed by atoms with Gasteiger partial charge in [0.25, 0.3) is 5.91 Å². The Balaban J connectivity index is 1.63. The Morgan fingerprint density at radius 3 is 2.52 bits per heavy atom. The number of nitrogens with zero attached hydrogens (tertiary/aromatic N) is 2. The zero-order valence-corrected chi connectivity index (χ0v) is 18.4. The molecule has 2 aromatic rings. The highest BCUT2D eigenvalue weighted by Gasteiger charge is 2.40. The van der Waals surface area contributed by atoms with E-state index in [-0.39, 0.29) is 27.6 Å². The number of nitrogens with one attached hydrogen (secondary N) is 1. The molecular formula is C21H23F3N4O4S. The fourth-order valence-corrected chi connectivity index (χ4v) is 4.82. The number of hydrogen-bond acceptors (Lipinski definition) is 6. The molecular weight excluding hydrogens is 461 g/mol. The summed E-state index contributed by atoms with van der Waals surface area (Å²) in [5.74, 6) is -0.705. The van der Waals surface area contributed by atoms with Gasteiger partial charge in [-0.15, -0.1) is 0 Å². The van der Waals surface area contributed by atoms with Crippen LogP contribution in [-0.2, 0) is 20.9 Å². The van der Waals surface area contributed by atoms with E-state index in [4.69, 9.17) is 9.88 Å². The standard InChI is InChI=1S/C21H23F3N4O4S/c22-21(23,24)14-11-17(19(29)27-15-3-1-4-16(12-15)33(25,30)31)18(26-13-14)28-8-6-20(7-9-28)5-2-10-32-20/h1,3-4,11-13H,2,5-10H2,(H,27,29)(H2,25,30,31). The monoisotopic (exact) mass is 484 g/mol. The molecule has 0 unspecified atom stereocenters. The van der Waals surface area contributed by atoms with E-state index in [1.165, 1.54) is 18.2 Å². The van der Waals surface area contributed by atoms with Crippen molar-refractivity contribution in [2.45, 2.75) is 42.4 Å². The number of nitrogens with two attached hydrogens (primary N) is 1.